The number of carbonyl (C=O) groups excluding carboxylic acids is 1. The Morgan fingerprint density at radius 1 is 1.60 bits per heavy atom. The van der Waals surface area contributed by atoms with Gasteiger partial charge in [0.2, 0.25) is 0 Å². The van der Waals surface area contributed by atoms with Crippen LogP contribution in [0.4, 0.5) is 9.93 Å². The Labute approximate surface area is 120 Å². The van der Waals surface area contributed by atoms with Gasteiger partial charge in [0.15, 0.2) is 5.13 Å². The van der Waals surface area contributed by atoms with Crippen molar-refractivity contribution in [1.29, 1.82) is 0 Å². The fourth-order valence-electron chi connectivity index (χ4n) is 1.41. The number of rotatable bonds is 6. The summed E-state index contributed by atoms with van der Waals surface area (Å²) in [5.74, 6) is 0. The van der Waals surface area contributed by atoms with Crippen LogP contribution in [0.15, 0.2) is 24.1 Å². The van der Waals surface area contributed by atoms with Gasteiger partial charge in [-0.2, -0.15) is 5.06 Å². The monoisotopic (exact) mass is 296 g/mol. The van der Waals surface area contributed by atoms with Crippen LogP contribution in [-0.2, 0) is 18.1 Å². The summed E-state index contributed by atoms with van der Waals surface area (Å²) < 4.78 is 1.75. The zero-order valence-electron chi connectivity index (χ0n) is 11.2. The highest BCUT2D eigenvalue weighted by Crippen LogP contribution is 2.16. The first kappa shape index (κ1) is 14.4. The lowest BCUT2D eigenvalue weighted by Gasteiger charge is -2.10. The van der Waals surface area contributed by atoms with Crippen molar-refractivity contribution in [1.82, 2.24) is 24.9 Å². The van der Waals surface area contributed by atoms with E-state index in [1.807, 2.05) is 12.4 Å². The third kappa shape index (κ3) is 4.30. The van der Waals surface area contributed by atoms with E-state index in [2.05, 4.69) is 20.6 Å². The number of nitrogens with zero attached hydrogens (tertiary/aromatic N) is 4. The van der Waals surface area contributed by atoms with Gasteiger partial charge in [0.05, 0.1) is 32.3 Å². The van der Waals surface area contributed by atoms with E-state index in [0.717, 1.165) is 5.69 Å². The van der Waals surface area contributed by atoms with Crippen LogP contribution in [0, 0.1) is 0 Å². The second kappa shape index (κ2) is 6.98. The average molecular weight is 296 g/mol. The number of amides is 2. The van der Waals surface area contributed by atoms with Crippen LogP contribution in [0.1, 0.15) is 5.69 Å². The molecule has 0 atom stereocenters. The SMILES string of the molecule is CON(C)Cc1csc(NC(=O)NCn2ccnc2)n1. The molecule has 8 nitrogen and oxygen atoms in total. The van der Waals surface area contributed by atoms with Crippen LogP contribution in [0.5, 0.6) is 0 Å². The van der Waals surface area contributed by atoms with E-state index in [9.17, 15) is 4.79 Å². The smallest absolute Gasteiger partial charge is 0.320 e. The molecule has 2 rings (SSSR count). The van der Waals surface area contributed by atoms with Gasteiger partial charge in [-0.25, -0.2) is 14.8 Å². The van der Waals surface area contributed by atoms with Gasteiger partial charge in [-0.1, -0.05) is 0 Å². The normalized spacial score (nSPS) is 10.8. The van der Waals surface area contributed by atoms with Gasteiger partial charge in [0.1, 0.15) is 0 Å². The Kier molecular flexibility index (Phi) is 5.04. The molecule has 2 aromatic rings. The van der Waals surface area contributed by atoms with Gasteiger partial charge in [0, 0.05) is 24.8 Å². The fraction of sp³-hybridized carbons (Fsp3) is 0.364. The highest BCUT2D eigenvalue weighted by Gasteiger charge is 2.07. The summed E-state index contributed by atoms with van der Waals surface area (Å²) >= 11 is 1.37. The van der Waals surface area contributed by atoms with Crippen molar-refractivity contribution in [3.8, 4) is 0 Å². The first-order chi connectivity index (χ1) is 9.67. The van der Waals surface area contributed by atoms with Gasteiger partial charge >= 0.3 is 6.03 Å². The molecule has 2 aromatic heterocycles. The lowest BCUT2D eigenvalue weighted by atomic mass is 10.5. The quantitative estimate of drug-likeness (QED) is 0.780. The number of anilines is 1. The number of aromatic nitrogens is 3. The van der Waals surface area contributed by atoms with Gasteiger partial charge in [-0.15, -0.1) is 11.3 Å². The van der Waals surface area contributed by atoms with E-state index in [4.69, 9.17) is 4.84 Å². The Hall–Kier alpha value is -1.97. The minimum atomic E-state index is -0.306. The number of carbonyl (C=O) groups is 1. The molecule has 0 bridgehead atoms. The molecule has 0 spiro atoms. The molecule has 0 aliphatic heterocycles. The predicted molar refractivity (Wildman–Crippen MR) is 75.0 cm³/mol. The van der Waals surface area contributed by atoms with E-state index in [1.165, 1.54) is 11.3 Å². The lowest BCUT2D eigenvalue weighted by Crippen LogP contribution is -2.30. The zero-order valence-corrected chi connectivity index (χ0v) is 12.1. The number of hydrogen-bond acceptors (Lipinski definition) is 6. The predicted octanol–water partition coefficient (Wildman–Crippen LogP) is 1.11. The van der Waals surface area contributed by atoms with Crippen LogP contribution >= 0.6 is 11.3 Å². The molecule has 0 unspecified atom stereocenters. The van der Waals surface area contributed by atoms with Gasteiger partial charge in [-0.3, -0.25) is 5.32 Å². The summed E-state index contributed by atoms with van der Waals surface area (Å²) in [5, 5.41) is 9.45. The van der Waals surface area contributed by atoms with Crippen molar-refractivity contribution >= 4 is 22.5 Å². The van der Waals surface area contributed by atoms with Gasteiger partial charge in [-0.05, 0) is 0 Å². The van der Waals surface area contributed by atoms with Crippen LogP contribution in [-0.4, -0.2) is 39.8 Å². The first-order valence-corrected chi connectivity index (χ1v) is 6.75. The molecular formula is C11H16N6O2S. The molecular weight excluding hydrogens is 280 g/mol. The first-order valence-electron chi connectivity index (χ1n) is 5.87. The second-order valence-electron chi connectivity index (χ2n) is 3.98. The summed E-state index contributed by atoms with van der Waals surface area (Å²) in [7, 11) is 3.40. The molecule has 2 amide bonds. The van der Waals surface area contributed by atoms with Crippen molar-refractivity contribution in [3.05, 3.63) is 29.8 Å². The van der Waals surface area contributed by atoms with Crippen molar-refractivity contribution in [2.75, 3.05) is 19.5 Å². The molecule has 0 aliphatic carbocycles. The van der Waals surface area contributed by atoms with Crippen LogP contribution in [0.2, 0.25) is 0 Å². The number of thiazole rings is 1. The molecule has 9 heteroatoms. The molecule has 0 radical (unpaired) electrons. The van der Waals surface area contributed by atoms with E-state index >= 15 is 0 Å². The summed E-state index contributed by atoms with van der Waals surface area (Å²) in [6.45, 7) is 0.918. The van der Waals surface area contributed by atoms with Crippen molar-refractivity contribution < 1.29 is 9.63 Å². The molecule has 108 valence electrons. The minimum absolute atomic E-state index is 0.306. The standard InChI is InChI=1S/C11H16N6O2S/c1-16(19-2)5-9-6-20-11(14-9)15-10(18)13-8-17-4-3-12-7-17/h3-4,6-7H,5,8H2,1-2H3,(H2,13,14,15,18). The number of urea groups is 1. The topological polar surface area (TPSA) is 84.3 Å². The fourth-order valence-corrected chi connectivity index (χ4v) is 2.11. The van der Waals surface area contributed by atoms with Crippen molar-refractivity contribution in [2.24, 2.45) is 0 Å². The molecule has 20 heavy (non-hydrogen) atoms. The lowest BCUT2D eigenvalue weighted by molar-refractivity contribution is -0.117. The maximum Gasteiger partial charge on any atom is 0.322 e. The third-order valence-corrected chi connectivity index (χ3v) is 3.26. The third-order valence-electron chi connectivity index (χ3n) is 2.45. The van der Waals surface area contributed by atoms with Crippen LogP contribution in [0.3, 0.4) is 0 Å². The van der Waals surface area contributed by atoms with E-state index < -0.39 is 0 Å². The van der Waals surface area contributed by atoms with E-state index in [-0.39, 0.29) is 6.03 Å². The number of imidazole rings is 1. The Bertz CT molecular complexity index is 541. The molecule has 2 N–H and O–H groups in total. The minimum Gasteiger partial charge on any atom is -0.320 e. The van der Waals surface area contributed by atoms with Crippen LogP contribution < -0.4 is 10.6 Å². The second-order valence-corrected chi connectivity index (χ2v) is 4.84. The van der Waals surface area contributed by atoms with Crippen molar-refractivity contribution in [2.45, 2.75) is 13.2 Å². The Morgan fingerprint density at radius 3 is 3.15 bits per heavy atom. The van der Waals surface area contributed by atoms with E-state index in [0.29, 0.717) is 18.3 Å². The van der Waals surface area contributed by atoms with Gasteiger partial charge < -0.3 is 14.7 Å². The summed E-state index contributed by atoms with van der Waals surface area (Å²) in [6, 6.07) is -0.306. The molecule has 2 heterocycles. The molecule has 0 saturated carbocycles. The summed E-state index contributed by atoms with van der Waals surface area (Å²) in [6.07, 6.45) is 5.05. The molecule has 0 aromatic carbocycles. The number of nitrogens with one attached hydrogen (secondary N) is 2. The molecule has 0 fully saturated rings. The maximum atomic E-state index is 11.7. The van der Waals surface area contributed by atoms with Crippen molar-refractivity contribution in [3.63, 3.8) is 0 Å². The highest BCUT2D eigenvalue weighted by atomic mass is 32.1. The number of hydrogen-bond donors (Lipinski definition) is 2. The van der Waals surface area contributed by atoms with E-state index in [1.54, 1.807) is 35.5 Å². The number of hydroxylamine groups is 2. The zero-order chi connectivity index (χ0) is 14.4. The average Bonchev–Trinajstić information content (AvgIpc) is 3.08. The Morgan fingerprint density at radius 2 is 2.45 bits per heavy atom. The summed E-state index contributed by atoms with van der Waals surface area (Å²) in [4.78, 5) is 24.9. The van der Waals surface area contributed by atoms with Gasteiger partial charge in [0.25, 0.3) is 0 Å². The molecule has 0 saturated heterocycles. The Balaban J connectivity index is 1.79. The summed E-state index contributed by atoms with van der Waals surface area (Å²) in [5.41, 5.74) is 0.837. The molecule has 0 aliphatic rings. The van der Waals surface area contributed by atoms with Crippen LogP contribution in [0.25, 0.3) is 0 Å². The highest BCUT2D eigenvalue weighted by molar-refractivity contribution is 7.13. The largest absolute Gasteiger partial charge is 0.322 e. The maximum absolute atomic E-state index is 11.7.